The van der Waals surface area contributed by atoms with Crippen molar-refractivity contribution < 1.29 is 27.9 Å². The third-order valence-corrected chi connectivity index (χ3v) is 5.88. The normalized spacial score (nSPS) is 11.6. The highest BCUT2D eigenvalue weighted by Crippen LogP contribution is 2.30. The van der Waals surface area contributed by atoms with Gasteiger partial charge in [-0.2, -0.15) is 4.37 Å². The molecule has 3 aromatic rings. The Balaban J connectivity index is 2.10. The van der Waals surface area contributed by atoms with Crippen LogP contribution >= 0.6 is 11.5 Å². The summed E-state index contributed by atoms with van der Waals surface area (Å²) in [6, 6.07) is 9.22. The van der Waals surface area contributed by atoms with E-state index >= 15 is 0 Å². The van der Waals surface area contributed by atoms with Crippen LogP contribution in [-0.2, 0) is 16.1 Å². The lowest BCUT2D eigenvalue weighted by atomic mass is 10.0. The van der Waals surface area contributed by atoms with Crippen LogP contribution in [0.1, 0.15) is 37.3 Å². The molecule has 3 rings (SSSR count). The van der Waals surface area contributed by atoms with E-state index in [4.69, 9.17) is 16.2 Å². The molecule has 2 aromatic carbocycles. The maximum Gasteiger partial charge on any atom is 0.270 e. The summed E-state index contributed by atoms with van der Waals surface area (Å²) in [7, 11) is 1.47. The molecule has 0 spiro atoms. The van der Waals surface area contributed by atoms with Gasteiger partial charge in [0.05, 0.1) is 12.3 Å². The number of nitrogens with one attached hydrogen (secondary N) is 1. The first-order chi connectivity index (χ1) is 16.7. The van der Waals surface area contributed by atoms with E-state index in [-0.39, 0.29) is 36.0 Å². The molecule has 3 amide bonds. The second-order valence-electron chi connectivity index (χ2n) is 7.44. The predicted molar refractivity (Wildman–Crippen MR) is 125 cm³/mol. The number of methoxy groups -OCH3 is 1. The van der Waals surface area contributed by atoms with Crippen molar-refractivity contribution in [3.8, 4) is 0 Å². The van der Waals surface area contributed by atoms with E-state index < -0.39 is 35.4 Å². The van der Waals surface area contributed by atoms with Crippen molar-refractivity contribution in [2.75, 3.05) is 26.0 Å². The fourth-order valence-electron chi connectivity index (χ4n) is 3.32. The highest BCUT2D eigenvalue weighted by molar-refractivity contribution is 7.09. The van der Waals surface area contributed by atoms with E-state index in [1.54, 1.807) is 0 Å². The van der Waals surface area contributed by atoms with Crippen LogP contribution in [0.3, 0.4) is 0 Å². The average molecular weight is 504 g/mol. The van der Waals surface area contributed by atoms with Crippen LogP contribution in [0.25, 0.3) is 0 Å². The number of aromatic nitrogens is 1. The molecule has 5 N–H and O–H groups in total. The number of ether oxygens (including phenoxy) is 1. The van der Waals surface area contributed by atoms with Crippen LogP contribution in [-0.4, -0.2) is 47.3 Å². The summed E-state index contributed by atoms with van der Waals surface area (Å²) in [6.07, 6.45) is 0. The summed E-state index contributed by atoms with van der Waals surface area (Å²) in [5.74, 6) is -3.19. The number of anilines is 1. The minimum Gasteiger partial charge on any atom is -0.395 e. The highest BCUT2D eigenvalue weighted by Gasteiger charge is 2.35. The van der Waals surface area contributed by atoms with Crippen LogP contribution in [0.15, 0.2) is 48.5 Å². The van der Waals surface area contributed by atoms with Crippen LogP contribution in [0.2, 0.25) is 0 Å². The highest BCUT2D eigenvalue weighted by atomic mass is 32.1. The first kappa shape index (κ1) is 25.7. The smallest absolute Gasteiger partial charge is 0.270 e. The second kappa shape index (κ2) is 11.5. The molecule has 0 radical (unpaired) electrons. The van der Waals surface area contributed by atoms with E-state index in [0.717, 1.165) is 12.1 Å². The zero-order valence-electron chi connectivity index (χ0n) is 18.7. The zero-order chi connectivity index (χ0) is 25.5. The van der Waals surface area contributed by atoms with E-state index in [9.17, 15) is 23.2 Å². The van der Waals surface area contributed by atoms with Gasteiger partial charge in [0.2, 0.25) is 5.91 Å². The van der Waals surface area contributed by atoms with Gasteiger partial charge in [-0.05, 0) is 46.9 Å². The van der Waals surface area contributed by atoms with Crippen LogP contribution in [0.4, 0.5) is 14.5 Å². The van der Waals surface area contributed by atoms with Crippen molar-refractivity contribution in [1.29, 1.82) is 0 Å². The van der Waals surface area contributed by atoms with Crippen LogP contribution in [0.5, 0.6) is 0 Å². The number of rotatable bonds is 10. The first-order valence-corrected chi connectivity index (χ1v) is 11.1. The molecule has 0 aliphatic rings. The number of benzene rings is 2. The van der Waals surface area contributed by atoms with Gasteiger partial charge in [0.1, 0.15) is 22.6 Å². The van der Waals surface area contributed by atoms with Crippen LogP contribution < -0.4 is 16.8 Å². The molecule has 9 nitrogen and oxygen atoms in total. The largest absolute Gasteiger partial charge is 0.395 e. The Morgan fingerprint density at radius 2 is 1.69 bits per heavy atom. The maximum absolute atomic E-state index is 13.7. The van der Waals surface area contributed by atoms with E-state index in [1.165, 1.54) is 48.4 Å². The average Bonchev–Trinajstić information content (AvgIpc) is 3.22. The summed E-state index contributed by atoms with van der Waals surface area (Å²) in [6.45, 7) is 0.236. The fourth-order valence-corrected chi connectivity index (χ4v) is 4.08. The molecule has 35 heavy (non-hydrogen) atoms. The monoisotopic (exact) mass is 503 g/mol. The standard InChI is InChI=1S/C23H23F2N5O4S/c1-34-11-10-28-22(32)19(14-4-8-16(25)9-5-14)30(12-13-2-6-15(24)7-3-13)23(33)20-17(26)18(21(27)31)29-35-20/h2-9,19H,10-12,26H2,1H3,(H2,27,31)(H,28,32). The molecule has 0 fully saturated rings. The minimum absolute atomic E-state index is 0.0993. The van der Waals surface area contributed by atoms with Gasteiger partial charge in [0, 0.05) is 20.2 Å². The zero-order valence-corrected chi connectivity index (χ0v) is 19.5. The van der Waals surface area contributed by atoms with E-state index in [2.05, 4.69) is 9.69 Å². The number of amides is 3. The summed E-state index contributed by atoms with van der Waals surface area (Å²) >= 11 is 0.663. The van der Waals surface area contributed by atoms with Crippen molar-refractivity contribution >= 4 is 34.9 Å². The number of halogens is 2. The summed E-state index contributed by atoms with van der Waals surface area (Å²) in [4.78, 5) is 39.7. The van der Waals surface area contributed by atoms with Crippen molar-refractivity contribution in [1.82, 2.24) is 14.6 Å². The second-order valence-corrected chi connectivity index (χ2v) is 8.21. The molecule has 12 heteroatoms. The number of hydrogen-bond donors (Lipinski definition) is 3. The summed E-state index contributed by atoms with van der Waals surface area (Å²) < 4.78 is 36.0. The van der Waals surface area contributed by atoms with E-state index in [0.29, 0.717) is 22.7 Å². The number of nitrogens with zero attached hydrogens (tertiary/aromatic N) is 2. The Labute approximate surface area is 203 Å². The number of nitrogen functional groups attached to an aromatic ring is 1. The number of primary amides is 1. The molecule has 1 unspecified atom stereocenters. The lowest BCUT2D eigenvalue weighted by Gasteiger charge is -2.31. The van der Waals surface area contributed by atoms with Gasteiger partial charge >= 0.3 is 0 Å². The number of nitrogens with two attached hydrogens (primary N) is 2. The molecular weight excluding hydrogens is 480 g/mol. The van der Waals surface area contributed by atoms with Gasteiger partial charge in [-0.3, -0.25) is 14.4 Å². The maximum atomic E-state index is 13.7. The van der Waals surface area contributed by atoms with Crippen molar-refractivity contribution in [3.05, 3.63) is 81.9 Å². The molecule has 0 saturated heterocycles. The van der Waals surface area contributed by atoms with Gasteiger partial charge in [-0.15, -0.1) is 0 Å². The molecule has 184 valence electrons. The topological polar surface area (TPSA) is 141 Å². The summed E-state index contributed by atoms with van der Waals surface area (Å²) in [5.41, 5.74) is 11.6. The SMILES string of the molecule is COCCNC(=O)C(c1ccc(F)cc1)N(Cc1ccc(F)cc1)C(=O)c1snc(C(N)=O)c1N. The lowest BCUT2D eigenvalue weighted by Crippen LogP contribution is -2.44. The van der Waals surface area contributed by atoms with Crippen LogP contribution in [0, 0.1) is 11.6 Å². The Bertz CT molecular complexity index is 1200. The Morgan fingerprint density at radius 3 is 2.23 bits per heavy atom. The van der Waals surface area contributed by atoms with Gasteiger partial charge in [0.15, 0.2) is 5.69 Å². The molecular formula is C23H23F2N5O4S. The van der Waals surface area contributed by atoms with E-state index in [1.807, 2.05) is 0 Å². The van der Waals surface area contributed by atoms with Gasteiger partial charge < -0.3 is 26.4 Å². The number of hydrogen-bond acceptors (Lipinski definition) is 7. The molecule has 1 heterocycles. The van der Waals surface area contributed by atoms with Gasteiger partial charge in [0.25, 0.3) is 11.8 Å². The first-order valence-electron chi connectivity index (χ1n) is 10.4. The Morgan fingerprint density at radius 1 is 1.09 bits per heavy atom. The molecule has 0 saturated carbocycles. The number of carbonyl (C=O) groups excluding carboxylic acids is 3. The fraction of sp³-hybridized carbons (Fsp3) is 0.217. The number of carbonyl (C=O) groups is 3. The van der Waals surface area contributed by atoms with Gasteiger partial charge in [-0.1, -0.05) is 24.3 Å². The molecule has 1 atom stereocenters. The quantitative estimate of drug-likeness (QED) is 0.363. The summed E-state index contributed by atoms with van der Waals surface area (Å²) in [5, 5.41) is 2.69. The molecule has 1 aromatic heterocycles. The molecule has 0 aliphatic heterocycles. The van der Waals surface area contributed by atoms with Crippen molar-refractivity contribution in [2.45, 2.75) is 12.6 Å². The van der Waals surface area contributed by atoms with Crippen molar-refractivity contribution in [3.63, 3.8) is 0 Å². The Kier molecular flexibility index (Phi) is 8.44. The lowest BCUT2D eigenvalue weighted by molar-refractivity contribution is -0.126. The molecule has 0 bridgehead atoms. The van der Waals surface area contributed by atoms with Crippen molar-refractivity contribution in [2.24, 2.45) is 5.73 Å². The minimum atomic E-state index is -1.23. The Hall–Kier alpha value is -3.90. The molecule has 0 aliphatic carbocycles. The van der Waals surface area contributed by atoms with Gasteiger partial charge in [-0.25, -0.2) is 8.78 Å². The third-order valence-electron chi connectivity index (χ3n) is 5.03. The predicted octanol–water partition coefficient (Wildman–Crippen LogP) is 2.25. The third kappa shape index (κ3) is 6.16.